The number of phosphoric acid groups is 3. The second-order valence-electron chi connectivity index (χ2n) is 21.3. The summed E-state index contributed by atoms with van der Waals surface area (Å²) in [6, 6.07) is 19.7. The fraction of sp³-hybridized carbons (Fsp3) is 0.436. The summed E-state index contributed by atoms with van der Waals surface area (Å²) in [5, 5.41) is 25.0. The van der Waals surface area contributed by atoms with Crippen molar-refractivity contribution in [3.8, 4) is 22.6 Å². The summed E-state index contributed by atoms with van der Waals surface area (Å²) in [6.07, 6.45) is 3.55. The van der Waals surface area contributed by atoms with Crippen molar-refractivity contribution in [2.24, 2.45) is 0 Å². The van der Waals surface area contributed by atoms with E-state index in [4.69, 9.17) is 19.4 Å². The number of anilines is 2. The summed E-state index contributed by atoms with van der Waals surface area (Å²) in [5.74, 6) is 0.433. The maximum atomic E-state index is 13.3. The normalized spacial score (nSPS) is 21.3. The highest BCUT2D eigenvalue weighted by molar-refractivity contribution is 7.86. The number of fused-ring (bicyclic) bond motifs is 3. The first kappa shape index (κ1) is 69.0. The lowest BCUT2D eigenvalue weighted by Crippen LogP contribution is -2.33. The van der Waals surface area contributed by atoms with Crippen LogP contribution < -0.4 is 25.9 Å². The molecule has 4 unspecified atom stereocenters. The van der Waals surface area contributed by atoms with E-state index in [1.807, 2.05) is 85.5 Å². The highest BCUT2D eigenvalue weighted by atomic mass is 32.2. The molecule has 1 aliphatic carbocycles. The molecule has 3 aliphatic heterocycles. The summed E-state index contributed by atoms with van der Waals surface area (Å²) in [5.41, 5.74) is 9.97. The molecule has 1 saturated heterocycles. The Morgan fingerprint density at radius 1 is 0.888 bits per heavy atom. The van der Waals surface area contributed by atoms with Gasteiger partial charge < -0.3 is 54.6 Å². The van der Waals surface area contributed by atoms with Gasteiger partial charge in [0, 0.05) is 59.1 Å². The van der Waals surface area contributed by atoms with Crippen LogP contribution in [-0.4, -0.2) is 140 Å². The number of amides is 1. The number of imidazole rings is 1. The van der Waals surface area contributed by atoms with Crippen LogP contribution in [0, 0.1) is 6.92 Å². The summed E-state index contributed by atoms with van der Waals surface area (Å²) in [7, 11) is -26.2. The van der Waals surface area contributed by atoms with Crippen LogP contribution in [0.15, 0.2) is 107 Å². The number of nitrogens with zero attached hydrogens (tertiary/aromatic N) is 6. The molecule has 0 saturated carbocycles. The van der Waals surface area contributed by atoms with Crippen LogP contribution >= 0.6 is 23.5 Å². The number of aromatic nitrogens is 4. The number of rotatable bonds is 30. The highest BCUT2D eigenvalue weighted by Gasteiger charge is 2.48. The second-order valence-corrected chi connectivity index (χ2v) is 28.9. The van der Waals surface area contributed by atoms with Crippen molar-refractivity contribution >= 4 is 78.4 Å². The van der Waals surface area contributed by atoms with Gasteiger partial charge in [-0.15, -0.1) is 0 Å². The first-order valence-electron chi connectivity index (χ1n) is 28.3. The number of aliphatic hydroxyl groups excluding tert-OH is 2. The number of nitrogens with one attached hydrogen (secondary N) is 1. The van der Waals surface area contributed by atoms with Gasteiger partial charge in [-0.3, -0.25) is 23.0 Å². The smallest absolute Gasteiger partial charge is 0.490 e. The molecule has 0 bridgehead atoms. The predicted octanol–water partition coefficient (Wildman–Crippen LogP) is 6.28. The van der Waals surface area contributed by atoms with Crippen molar-refractivity contribution < 1.29 is 96.1 Å². The number of nitrogen functional groups attached to an aromatic ring is 1. The van der Waals surface area contributed by atoms with Gasteiger partial charge in [0.25, 0.3) is 10.1 Å². The monoisotopic (exact) mass is 1340 g/mol. The van der Waals surface area contributed by atoms with Crippen molar-refractivity contribution in [2.45, 2.75) is 114 Å². The van der Waals surface area contributed by atoms with Gasteiger partial charge in [0.15, 0.2) is 17.7 Å². The lowest BCUT2D eigenvalue weighted by Gasteiger charge is -2.30. The Morgan fingerprint density at radius 2 is 1.60 bits per heavy atom. The first-order chi connectivity index (χ1) is 41.9. The largest absolute Gasteiger partial charge is 0.744 e. The Hall–Kier alpha value is -5.92. The third-order valence-corrected chi connectivity index (χ3v) is 21.1. The standard InChI is InChI=1S/C55H71N8O21P3S2/c1-5-61(6-2)38-22-24-41-40(36(3)51(81-44(41)31-38)37-17-10-9-11-18-37)19-14-20-46-55(4,42-32-39(89(76,77)78)23-25-43(42)62(46)28-16-30-88(73,74)75)26-15-21-47(64)57-27-12-7-8-13-29-79-85(67,68)83-87(71,72)84-86(69,70)80-33-45-49(65)50(66)54(82-45)63-35-60-48-52(56)58-34-59-53(48)63/h9-11,14,17-20,22-25,31-32,34-35,45,49-50,54,65-66H,5-8,12-13,15-16,21,26-30,33H2,1-4H3,(H7-,56,57,58,59,64,67,68,69,70,71,72,73,74,75,76,77,78)/t45-,49-,50-,54-,55?/m1/s1. The van der Waals surface area contributed by atoms with E-state index < -0.39 is 97.5 Å². The van der Waals surface area contributed by atoms with Gasteiger partial charge in [-0.25, -0.2) is 41.6 Å². The van der Waals surface area contributed by atoms with Crippen LogP contribution in [0.1, 0.15) is 95.1 Å². The number of carbonyl (C=O) groups excluding carboxylic acids is 1. The zero-order chi connectivity index (χ0) is 64.7. The third-order valence-electron chi connectivity index (χ3n) is 15.2. The van der Waals surface area contributed by atoms with Crippen LogP contribution in [0.4, 0.5) is 11.5 Å². The number of nitrogens with two attached hydrogens (primary N) is 1. The lowest BCUT2D eigenvalue weighted by molar-refractivity contribution is -0.121. The molecule has 29 nitrogen and oxygen atoms in total. The van der Waals surface area contributed by atoms with Gasteiger partial charge in [0.1, 0.15) is 64.9 Å². The predicted molar refractivity (Wildman–Crippen MR) is 324 cm³/mol. The molecule has 8 atom stereocenters. The van der Waals surface area contributed by atoms with E-state index in [0.717, 1.165) is 47.0 Å². The van der Waals surface area contributed by atoms with Crippen LogP contribution in [0.3, 0.4) is 0 Å². The van der Waals surface area contributed by atoms with Crippen molar-refractivity contribution in [3.63, 3.8) is 0 Å². The molecule has 5 heterocycles. The van der Waals surface area contributed by atoms with Gasteiger partial charge in [0.05, 0.1) is 36.3 Å². The minimum absolute atomic E-state index is 0.0131. The quantitative estimate of drug-likeness (QED) is 0.0106. The zero-order valence-electron chi connectivity index (χ0n) is 48.9. The number of unbranched alkanes of at least 4 members (excludes halogenated alkanes) is 3. The van der Waals surface area contributed by atoms with Crippen molar-refractivity contribution in [1.29, 1.82) is 0 Å². The zero-order valence-corrected chi connectivity index (χ0v) is 53.2. The number of carbonyl (C=O) groups is 1. The third kappa shape index (κ3) is 17.2. The number of phosphoric ester groups is 2. The molecule has 484 valence electrons. The first-order valence-corrected chi connectivity index (χ1v) is 35.8. The summed E-state index contributed by atoms with van der Waals surface area (Å²) < 4.78 is 142. The van der Waals surface area contributed by atoms with Crippen LogP contribution in [0.25, 0.3) is 39.9 Å². The maximum absolute atomic E-state index is 13.3. The number of aliphatic hydroxyl groups is 2. The van der Waals surface area contributed by atoms with E-state index in [2.05, 4.69) is 51.8 Å². The molecule has 0 spiro atoms. The number of hydrogen-bond acceptors (Lipinski definition) is 22. The average molecular weight is 1340 g/mol. The average Bonchev–Trinajstić information content (AvgIpc) is 1.64. The molecule has 9 N–H and O–H groups in total. The van der Waals surface area contributed by atoms with Gasteiger partial charge >= 0.3 is 23.5 Å². The van der Waals surface area contributed by atoms with Crippen LogP contribution in [0.2, 0.25) is 0 Å². The van der Waals surface area contributed by atoms with E-state index in [1.165, 1.54) is 29.1 Å². The van der Waals surface area contributed by atoms with Gasteiger partial charge in [-0.05, 0) is 101 Å². The van der Waals surface area contributed by atoms with E-state index in [9.17, 15) is 69.3 Å². The molecule has 4 aromatic rings. The number of benzene rings is 3. The number of ether oxygens (including phenoxy) is 1. The minimum atomic E-state index is -5.86. The lowest BCUT2D eigenvalue weighted by atomic mass is 9.77. The Balaban J connectivity index is 0.858. The molecule has 34 heteroatoms. The second kappa shape index (κ2) is 28.7. The summed E-state index contributed by atoms with van der Waals surface area (Å²) in [4.78, 5) is 56.9. The van der Waals surface area contributed by atoms with E-state index in [0.29, 0.717) is 47.7 Å². The molecule has 8 rings (SSSR count). The molecule has 2 aromatic carbocycles. The molecular weight excluding hydrogens is 1270 g/mol. The molecule has 4 aliphatic rings. The topological polar surface area (TPSA) is 428 Å². The Bertz CT molecular complexity index is 4030. The molecule has 89 heavy (non-hydrogen) atoms. The number of allylic oxidation sites excluding steroid dienone is 3. The van der Waals surface area contributed by atoms with E-state index >= 15 is 0 Å². The molecule has 1 fully saturated rings. The van der Waals surface area contributed by atoms with E-state index in [-0.39, 0.29) is 68.1 Å². The summed E-state index contributed by atoms with van der Waals surface area (Å²) in [6.45, 7) is 8.31. The molecule has 1 amide bonds. The van der Waals surface area contributed by atoms with Gasteiger partial charge in [-0.2, -0.15) is 17.0 Å². The van der Waals surface area contributed by atoms with Crippen molar-refractivity contribution in [1.82, 2.24) is 29.4 Å². The molecule has 0 radical (unpaired) electrons. The van der Waals surface area contributed by atoms with E-state index in [1.54, 1.807) is 0 Å². The molecular formula is C55H71N8O21P3S2. The highest BCUT2D eigenvalue weighted by Crippen LogP contribution is 2.68. The Labute approximate surface area is 513 Å². The maximum Gasteiger partial charge on any atom is 0.490 e. The fourth-order valence-corrected chi connectivity index (χ4v) is 15.4. The fourth-order valence-electron chi connectivity index (χ4n) is 10.8. The van der Waals surface area contributed by atoms with Gasteiger partial charge in [-0.1, -0.05) is 55.3 Å². The Kier molecular flexibility index (Phi) is 22.3. The van der Waals surface area contributed by atoms with Gasteiger partial charge in [0.2, 0.25) is 11.3 Å². The molecule has 2 aromatic heterocycles. The number of hydrogen-bond donors (Lipinski definition) is 8. The van der Waals surface area contributed by atoms with Crippen LogP contribution in [-0.2, 0) is 66.5 Å². The minimum Gasteiger partial charge on any atom is -0.744 e. The van der Waals surface area contributed by atoms with Crippen LogP contribution in [0.5, 0.6) is 0 Å². The summed E-state index contributed by atoms with van der Waals surface area (Å²) >= 11 is 0. The Morgan fingerprint density at radius 3 is 2.29 bits per heavy atom. The van der Waals surface area contributed by atoms with Crippen molar-refractivity contribution in [2.75, 3.05) is 55.8 Å². The van der Waals surface area contributed by atoms with Crippen molar-refractivity contribution in [3.05, 3.63) is 119 Å². The SMILES string of the molecule is CC[N+](CC)=c1ccc2c(/C=C/C=C3\N(CCCS(=O)(=O)O)c4ccc(S(=O)(=O)[O-])cc4C3(C)CCCC(=O)NCCCCCCOP(=O)(O)OP(=O)(O)OP(=O)(O)OC[C@H]3O[C@@H](n4cnc5c(N)ncnc54)[C@H](O)[C@@H]3O)c(C)c(-c3ccccc3)oc-2c1.